The highest BCUT2D eigenvalue weighted by atomic mass is 16.6. The van der Waals surface area contributed by atoms with E-state index in [-0.39, 0.29) is 18.8 Å². The van der Waals surface area contributed by atoms with Crippen LogP contribution in [0.5, 0.6) is 0 Å². The Kier molecular flexibility index (Phi) is 6.53. The van der Waals surface area contributed by atoms with E-state index in [4.69, 9.17) is 16.3 Å². The highest BCUT2D eigenvalue weighted by Crippen LogP contribution is 2.24. The SMILES string of the molecule is [C-]#[N+]c1ccc2c(c1)nc(Cn1c(=O)n(CC(=O)OC(C)(C)C)c3ccccc31)n2CCC(C)C. The average Bonchev–Trinajstić information content (AvgIpc) is 3.26. The van der Waals surface area contributed by atoms with Gasteiger partial charge in [0.25, 0.3) is 0 Å². The zero-order valence-electron chi connectivity index (χ0n) is 20.9. The summed E-state index contributed by atoms with van der Waals surface area (Å²) in [7, 11) is 0. The van der Waals surface area contributed by atoms with Crippen LogP contribution < -0.4 is 5.69 Å². The lowest BCUT2D eigenvalue weighted by Crippen LogP contribution is -2.32. The van der Waals surface area contributed by atoms with Crippen molar-refractivity contribution in [1.29, 1.82) is 0 Å². The molecule has 0 amide bonds. The molecule has 2 heterocycles. The van der Waals surface area contributed by atoms with Crippen LogP contribution >= 0.6 is 0 Å². The number of carbonyl (C=O) groups is 1. The maximum Gasteiger partial charge on any atom is 0.330 e. The van der Waals surface area contributed by atoms with Crippen LogP contribution in [0.3, 0.4) is 0 Å². The first kappa shape index (κ1) is 24.3. The van der Waals surface area contributed by atoms with Crippen LogP contribution in [0.25, 0.3) is 26.9 Å². The van der Waals surface area contributed by atoms with E-state index < -0.39 is 11.6 Å². The topological polar surface area (TPSA) is 75.4 Å². The number of hydrogen-bond acceptors (Lipinski definition) is 4. The number of rotatable bonds is 7. The summed E-state index contributed by atoms with van der Waals surface area (Å²) in [5.41, 5.74) is 2.69. The van der Waals surface area contributed by atoms with Gasteiger partial charge in [-0.05, 0) is 57.4 Å². The Balaban J connectivity index is 1.79. The van der Waals surface area contributed by atoms with Gasteiger partial charge in [0.05, 0.1) is 35.2 Å². The van der Waals surface area contributed by atoms with Gasteiger partial charge in [-0.15, -0.1) is 0 Å². The van der Waals surface area contributed by atoms with E-state index in [2.05, 4.69) is 23.3 Å². The molecule has 0 atom stereocenters. The molecule has 0 N–H and O–H groups in total. The molecule has 182 valence electrons. The van der Waals surface area contributed by atoms with E-state index in [9.17, 15) is 9.59 Å². The smallest absolute Gasteiger partial charge is 0.330 e. The number of fused-ring (bicyclic) bond motifs is 2. The minimum absolute atomic E-state index is 0.165. The summed E-state index contributed by atoms with van der Waals surface area (Å²) in [5, 5.41) is 0. The van der Waals surface area contributed by atoms with Crippen LogP contribution in [0.15, 0.2) is 47.3 Å². The zero-order valence-corrected chi connectivity index (χ0v) is 20.9. The summed E-state index contributed by atoms with van der Waals surface area (Å²) in [4.78, 5) is 34.4. The second-order valence-corrected chi connectivity index (χ2v) is 10.2. The van der Waals surface area contributed by atoms with Crippen molar-refractivity contribution in [3.63, 3.8) is 0 Å². The molecule has 0 aliphatic heterocycles. The first-order valence-electron chi connectivity index (χ1n) is 11.8. The van der Waals surface area contributed by atoms with Crippen molar-refractivity contribution in [2.45, 2.75) is 66.3 Å². The maximum atomic E-state index is 13.5. The summed E-state index contributed by atoms with van der Waals surface area (Å²) in [6, 6.07) is 12.9. The fourth-order valence-electron chi connectivity index (χ4n) is 4.22. The Morgan fingerprint density at radius 2 is 1.74 bits per heavy atom. The van der Waals surface area contributed by atoms with E-state index in [1.54, 1.807) is 37.5 Å². The van der Waals surface area contributed by atoms with Crippen LogP contribution in [-0.4, -0.2) is 30.3 Å². The number of hydrogen-bond donors (Lipinski definition) is 0. The minimum Gasteiger partial charge on any atom is -0.459 e. The first-order valence-corrected chi connectivity index (χ1v) is 11.8. The number of ether oxygens (including phenoxy) is 1. The quantitative estimate of drug-likeness (QED) is 0.275. The van der Waals surface area contributed by atoms with Gasteiger partial charge in [-0.2, -0.15) is 0 Å². The molecule has 4 aromatic rings. The molecule has 2 aromatic carbocycles. The Morgan fingerprint density at radius 1 is 1.06 bits per heavy atom. The summed E-state index contributed by atoms with van der Waals surface area (Å²) in [6.45, 7) is 17.9. The predicted octanol–water partition coefficient (Wildman–Crippen LogP) is 5.14. The third-order valence-corrected chi connectivity index (χ3v) is 5.80. The molecule has 0 aliphatic rings. The monoisotopic (exact) mass is 473 g/mol. The molecule has 2 aromatic heterocycles. The number of para-hydroxylation sites is 2. The Morgan fingerprint density at radius 3 is 2.37 bits per heavy atom. The normalized spacial score (nSPS) is 11.9. The molecule has 0 aliphatic carbocycles. The molecule has 8 heteroatoms. The lowest BCUT2D eigenvalue weighted by Gasteiger charge is -2.19. The molecule has 0 saturated carbocycles. The van der Waals surface area contributed by atoms with E-state index in [1.807, 2.05) is 30.3 Å². The Hall–Kier alpha value is -3.86. The van der Waals surface area contributed by atoms with Crippen molar-refractivity contribution in [3.8, 4) is 0 Å². The molecule has 0 bridgehead atoms. The zero-order chi connectivity index (χ0) is 25.3. The van der Waals surface area contributed by atoms with Crippen molar-refractivity contribution in [2.24, 2.45) is 5.92 Å². The van der Waals surface area contributed by atoms with Crippen LogP contribution in [0.2, 0.25) is 0 Å². The van der Waals surface area contributed by atoms with Gasteiger partial charge in [-0.1, -0.05) is 32.0 Å². The molecule has 0 radical (unpaired) electrons. The van der Waals surface area contributed by atoms with Gasteiger partial charge in [0.15, 0.2) is 5.69 Å². The molecular formula is C27H31N5O3. The number of aryl methyl sites for hydroxylation is 1. The molecule has 4 rings (SSSR count). The first-order chi connectivity index (χ1) is 16.6. The number of benzene rings is 2. The fourth-order valence-corrected chi connectivity index (χ4v) is 4.22. The van der Waals surface area contributed by atoms with Crippen LogP contribution in [0.4, 0.5) is 5.69 Å². The van der Waals surface area contributed by atoms with Gasteiger partial charge in [-0.3, -0.25) is 13.9 Å². The van der Waals surface area contributed by atoms with Crippen LogP contribution in [0, 0.1) is 12.5 Å². The van der Waals surface area contributed by atoms with Gasteiger partial charge in [0, 0.05) is 6.54 Å². The third kappa shape index (κ3) is 5.14. The average molecular weight is 474 g/mol. The number of nitrogens with zero attached hydrogens (tertiary/aromatic N) is 5. The number of esters is 1. The second kappa shape index (κ2) is 9.41. The van der Waals surface area contributed by atoms with Crippen molar-refractivity contribution in [1.82, 2.24) is 18.7 Å². The molecule has 0 unspecified atom stereocenters. The minimum atomic E-state index is -0.634. The number of carbonyl (C=O) groups excluding carboxylic acids is 1. The Bertz CT molecular complexity index is 1490. The summed E-state index contributed by atoms with van der Waals surface area (Å²) >= 11 is 0. The van der Waals surface area contributed by atoms with Crippen molar-refractivity contribution >= 4 is 33.7 Å². The van der Waals surface area contributed by atoms with E-state index in [0.717, 1.165) is 35.3 Å². The highest BCUT2D eigenvalue weighted by molar-refractivity contribution is 5.81. The molecule has 0 fully saturated rings. The van der Waals surface area contributed by atoms with Gasteiger partial charge in [-0.25, -0.2) is 14.6 Å². The summed E-state index contributed by atoms with van der Waals surface area (Å²) in [5.74, 6) is 0.782. The molecule has 0 spiro atoms. The summed E-state index contributed by atoms with van der Waals surface area (Å²) in [6.07, 6.45) is 0.957. The highest BCUT2D eigenvalue weighted by Gasteiger charge is 2.22. The molecule has 35 heavy (non-hydrogen) atoms. The van der Waals surface area contributed by atoms with Crippen molar-refractivity contribution < 1.29 is 9.53 Å². The number of imidazole rings is 2. The number of aromatic nitrogens is 4. The van der Waals surface area contributed by atoms with Gasteiger partial charge in [0.2, 0.25) is 0 Å². The molecule has 8 nitrogen and oxygen atoms in total. The van der Waals surface area contributed by atoms with E-state index >= 15 is 0 Å². The maximum absolute atomic E-state index is 13.5. The fraction of sp³-hybridized carbons (Fsp3) is 0.407. The largest absolute Gasteiger partial charge is 0.459 e. The standard InChI is InChI=1S/C27H31N5O3/c1-18(2)13-14-30-21-12-11-19(28-6)15-20(21)29-24(30)16-31-22-9-7-8-10-23(22)32(26(31)34)17-25(33)35-27(3,4)5/h7-12,15,18H,13-14,16-17H2,1-5H3. The lowest BCUT2D eigenvalue weighted by atomic mass is 10.1. The van der Waals surface area contributed by atoms with Gasteiger partial charge in [0.1, 0.15) is 18.0 Å². The van der Waals surface area contributed by atoms with Crippen molar-refractivity contribution in [3.05, 3.63) is 70.2 Å². The second-order valence-electron chi connectivity index (χ2n) is 10.2. The third-order valence-electron chi connectivity index (χ3n) is 5.80. The predicted molar refractivity (Wildman–Crippen MR) is 137 cm³/mol. The molecule has 0 saturated heterocycles. The van der Waals surface area contributed by atoms with Crippen LogP contribution in [-0.2, 0) is 29.2 Å². The van der Waals surface area contributed by atoms with Crippen molar-refractivity contribution in [2.75, 3.05) is 0 Å². The van der Waals surface area contributed by atoms with E-state index in [1.165, 1.54) is 4.57 Å². The lowest BCUT2D eigenvalue weighted by molar-refractivity contribution is -0.155. The van der Waals surface area contributed by atoms with Crippen LogP contribution in [0.1, 0.15) is 46.9 Å². The van der Waals surface area contributed by atoms with Gasteiger partial charge < -0.3 is 9.30 Å². The molecular weight excluding hydrogens is 442 g/mol. The Labute approximate surface area is 204 Å². The van der Waals surface area contributed by atoms with Gasteiger partial charge >= 0.3 is 11.7 Å². The van der Waals surface area contributed by atoms with E-state index in [0.29, 0.717) is 17.1 Å². The summed E-state index contributed by atoms with van der Waals surface area (Å²) < 4.78 is 10.7.